The molecule has 0 unspecified atom stereocenters. The van der Waals surface area contributed by atoms with Crippen LogP contribution in [0, 0.1) is 0 Å². The van der Waals surface area contributed by atoms with E-state index in [0.717, 1.165) is 42.9 Å². The summed E-state index contributed by atoms with van der Waals surface area (Å²) < 4.78 is 40.6. The highest BCUT2D eigenvalue weighted by atomic mass is 32.1. The lowest BCUT2D eigenvalue weighted by atomic mass is 9.97. The van der Waals surface area contributed by atoms with Crippen LogP contribution < -0.4 is 15.4 Å². The highest BCUT2D eigenvalue weighted by Crippen LogP contribution is 2.32. The first kappa shape index (κ1) is 17.7. The van der Waals surface area contributed by atoms with Crippen molar-refractivity contribution in [1.82, 2.24) is 10.3 Å². The predicted molar refractivity (Wildman–Crippen MR) is 88.0 cm³/mol. The molecule has 1 saturated heterocycles. The van der Waals surface area contributed by atoms with Crippen LogP contribution in [0.1, 0.15) is 34.0 Å². The predicted octanol–water partition coefficient (Wildman–Crippen LogP) is 3.76. The molecule has 0 bridgehead atoms. The van der Waals surface area contributed by atoms with E-state index in [1.54, 1.807) is 6.20 Å². The number of piperidine rings is 1. The zero-order chi connectivity index (χ0) is 17.9. The molecule has 2 heterocycles. The standard InChI is InChI=1S/C16H16F3N3O2S/c17-16(18,19)24-12-3-1-2-11(8-12)14(23)22-15-21-9-13(25-15)10-4-6-20-7-5-10/h1-3,8-10,20H,4-7H2,(H,21,22,23). The van der Waals surface area contributed by atoms with Crippen LogP contribution in [0.3, 0.4) is 0 Å². The van der Waals surface area contributed by atoms with E-state index in [1.807, 2.05) is 0 Å². The summed E-state index contributed by atoms with van der Waals surface area (Å²) in [6, 6.07) is 4.94. The van der Waals surface area contributed by atoms with Gasteiger partial charge in [-0.2, -0.15) is 0 Å². The minimum atomic E-state index is -4.80. The fourth-order valence-corrected chi connectivity index (χ4v) is 3.62. The van der Waals surface area contributed by atoms with Crippen LogP contribution in [0.15, 0.2) is 30.5 Å². The summed E-state index contributed by atoms with van der Waals surface area (Å²) in [7, 11) is 0. The topological polar surface area (TPSA) is 63.2 Å². The number of ether oxygens (including phenoxy) is 1. The number of halogens is 3. The van der Waals surface area contributed by atoms with Gasteiger partial charge in [0.05, 0.1) is 0 Å². The van der Waals surface area contributed by atoms with Crippen molar-refractivity contribution in [3.63, 3.8) is 0 Å². The molecule has 1 aliphatic heterocycles. The molecule has 25 heavy (non-hydrogen) atoms. The number of hydrogen-bond donors (Lipinski definition) is 2. The Bertz CT molecular complexity index is 742. The summed E-state index contributed by atoms with van der Waals surface area (Å²) in [6.45, 7) is 1.91. The molecule has 1 fully saturated rings. The zero-order valence-corrected chi connectivity index (χ0v) is 13.9. The van der Waals surface area contributed by atoms with Gasteiger partial charge in [-0.15, -0.1) is 24.5 Å². The number of hydrogen-bond acceptors (Lipinski definition) is 5. The molecule has 0 radical (unpaired) electrons. The number of amides is 1. The largest absolute Gasteiger partial charge is 0.573 e. The Labute approximate surface area is 146 Å². The summed E-state index contributed by atoms with van der Waals surface area (Å²) in [5.41, 5.74) is 0.0698. The summed E-state index contributed by atoms with van der Waals surface area (Å²) in [4.78, 5) is 17.5. The van der Waals surface area contributed by atoms with Crippen LogP contribution in [0.2, 0.25) is 0 Å². The van der Waals surface area contributed by atoms with Gasteiger partial charge in [-0.05, 0) is 50.0 Å². The molecule has 2 N–H and O–H groups in total. The molecule has 0 saturated carbocycles. The fourth-order valence-electron chi connectivity index (χ4n) is 2.64. The van der Waals surface area contributed by atoms with Gasteiger partial charge in [-0.3, -0.25) is 10.1 Å². The smallest absolute Gasteiger partial charge is 0.406 e. The first-order chi connectivity index (χ1) is 11.9. The molecule has 2 aromatic rings. The Balaban J connectivity index is 1.66. The van der Waals surface area contributed by atoms with Crippen molar-refractivity contribution < 1.29 is 22.7 Å². The number of anilines is 1. The van der Waals surface area contributed by atoms with Gasteiger partial charge in [0.15, 0.2) is 5.13 Å². The third-order valence-electron chi connectivity index (χ3n) is 3.82. The van der Waals surface area contributed by atoms with E-state index in [1.165, 1.54) is 23.5 Å². The highest BCUT2D eigenvalue weighted by molar-refractivity contribution is 7.15. The average Bonchev–Trinajstić information content (AvgIpc) is 3.03. The third kappa shape index (κ3) is 4.93. The van der Waals surface area contributed by atoms with Crippen molar-refractivity contribution in [3.05, 3.63) is 40.9 Å². The Hall–Kier alpha value is -2.13. The fraction of sp³-hybridized carbons (Fsp3) is 0.375. The number of rotatable bonds is 4. The maximum atomic E-state index is 12.3. The first-order valence-electron chi connectivity index (χ1n) is 7.74. The van der Waals surface area contributed by atoms with Gasteiger partial charge in [-0.25, -0.2) is 4.98 Å². The van der Waals surface area contributed by atoms with E-state index >= 15 is 0 Å². The van der Waals surface area contributed by atoms with Gasteiger partial charge in [0, 0.05) is 16.6 Å². The molecule has 3 rings (SSSR count). The van der Waals surface area contributed by atoms with Gasteiger partial charge in [0.1, 0.15) is 5.75 Å². The highest BCUT2D eigenvalue weighted by Gasteiger charge is 2.31. The van der Waals surface area contributed by atoms with E-state index in [-0.39, 0.29) is 5.56 Å². The van der Waals surface area contributed by atoms with Crippen LogP contribution in [-0.4, -0.2) is 30.3 Å². The first-order valence-corrected chi connectivity index (χ1v) is 8.56. The van der Waals surface area contributed by atoms with Crippen molar-refractivity contribution in [1.29, 1.82) is 0 Å². The van der Waals surface area contributed by atoms with Crippen LogP contribution in [0.5, 0.6) is 5.75 Å². The quantitative estimate of drug-likeness (QED) is 0.859. The number of alkyl halides is 3. The maximum Gasteiger partial charge on any atom is 0.573 e. The van der Waals surface area contributed by atoms with Crippen LogP contribution in [0.4, 0.5) is 18.3 Å². The van der Waals surface area contributed by atoms with Crippen molar-refractivity contribution in [2.45, 2.75) is 25.1 Å². The number of carbonyl (C=O) groups excluding carboxylic acids is 1. The zero-order valence-electron chi connectivity index (χ0n) is 13.1. The van der Waals surface area contributed by atoms with Crippen LogP contribution in [0.25, 0.3) is 0 Å². The van der Waals surface area contributed by atoms with E-state index in [0.29, 0.717) is 11.0 Å². The van der Waals surface area contributed by atoms with Crippen molar-refractivity contribution in [2.24, 2.45) is 0 Å². The van der Waals surface area contributed by atoms with Gasteiger partial charge < -0.3 is 10.1 Å². The van der Waals surface area contributed by atoms with Crippen LogP contribution in [-0.2, 0) is 0 Å². The second kappa shape index (κ2) is 7.40. The van der Waals surface area contributed by atoms with E-state index < -0.39 is 18.0 Å². The molecule has 134 valence electrons. The second-order valence-corrected chi connectivity index (χ2v) is 6.68. The van der Waals surface area contributed by atoms with Crippen molar-refractivity contribution >= 4 is 22.4 Å². The van der Waals surface area contributed by atoms with Crippen LogP contribution >= 0.6 is 11.3 Å². The Morgan fingerprint density at radius 3 is 2.80 bits per heavy atom. The summed E-state index contributed by atoms with van der Waals surface area (Å²) >= 11 is 1.39. The van der Waals surface area contributed by atoms with Crippen molar-refractivity contribution in [3.8, 4) is 5.75 Å². The second-order valence-electron chi connectivity index (χ2n) is 5.62. The lowest BCUT2D eigenvalue weighted by molar-refractivity contribution is -0.274. The molecule has 5 nitrogen and oxygen atoms in total. The normalized spacial score (nSPS) is 15.8. The van der Waals surface area contributed by atoms with Gasteiger partial charge in [0.25, 0.3) is 5.91 Å². The Kier molecular flexibility index (Phi) is 5.24. The SMILES string of the molecule is O=C(Nc1ncc(C2CCNCC2)s1)c1cccc(OC(F)(F)F)c1. The third-order valence-corrected chi connectivity index (χ3v) is 4.89. The van der Waals surface area contributed by atoms with Gasteiger partial charge in [-0.1, -0.05) is 6.07 Å². The van der Waals surface area contributed by atoms with Gasteiger partial charge in [0.2, 0.25) is 0 Å². The minimum Gasteiger partial charge on any atom is -0.406 e. The maximum absolute atomic E-state index is 12.3. The molecule has 0 aliphatic carbocycles. The van der Waals surface area contributed by atoms with Gasteiger partial charge >= 0.3 is 6.36 Å². The molecule has 1 aromatic heterocycles. The van der Waals surface area contributed by atoms with Crippen molar-refractivity contribution in [2.75, 3.05) is 18.4 Å². The molecule has 1 aromatic carbocycles. The molecule has 9 heteroatoms. The molecule has 0 atom stereocenters. The molecule has 1 aliphatic rings. The monoisotopic (exact) mass is 371 g/mol. The summed E-state index contributed by atoms with van der Waals surface area (Å²) in [5.74, 6) is -0.540. The number of nitrogens with zero attached hydrogens (tertiary/aromatic N) is 1. The number of thiazole rings is 1. The lowest BCUT2D eigenvalue weighted by Crippen LogP contribution is -2.26. The summed E-state index contributed by atoms with van der Waals surface area (Å²) in [6.07, 6.45) is -1.01. The Morgan fingerprint density at radius 2 is 2.08 bits per heavy atom. The Morgan fingerprint density at radius 1 is 1.32 bits per heavy atom. The summed E-state index contributed by atoms with van der Waals surface area (Å²) in [5, 5.41) is 6.34. The lowest BCUT2D eigenvalue weighted by Gasteiger charge is -2.20. The molecular formula is C16H16F3N3O2S. The molecular weight excluding hydrogens is 355 g/mol. The number of nitrogens with one attached hydrogen (secondary N) is 2. The average molecular weight is 371 g/mol. The molecule has 1 amide bonds. The van der Waals surface area contributed by atoms with E-state index in [9.17, 15) is 18.0 Å². The number of carbonyl (C=O) groups is 1. The molecule has 0 spiro atoms. The van der Waals surface area contributed by atoms with E-state index in [2.05, 4.69) is 20.4 Å². The van der Waals surface area contributed by atoms with E-state index in [4.69, 9.17) is 0 Å². The minimum absolute atomic E-state index is 0.0698. The number of aromatic nitrogens is 1. The number of benzene rings is 1.